The summed E-state index contributed by atoms with van der Waals surface area (Å²) in [6.07, 6.45) is 0.580. The first-order valence-electron chi connectivity index (χ1n) is 9.64. The molecule has 31 heavy (non-hydrogen) atoms. The molecule has 1 amide bonds. The molecule has 0 spiro atoms. The summed E-state index contributed by atoms with van der Waals surface area (Å²) in [7, 11) is 0. The Balaban J connectivity index is 1.44. The number of nitrogens with one attached hydrogen (secondary N) is 2. The highest BCUT2D eigenvalue weighted by Crippen LogP contribution is 2.27. The Morgan fingerprint density at radius 3 is 2.84 bits per heavy atom. The lowest BCUT2D eigenvalue weighted by molar-refractivity contribution is -0.142. The Kier molecular flexibility index (Phi) is 6.37. The second-order valence-corrected chi connectivity index (χ2v) is 8.68. The maximum Gasteiger partial charge on any atom is 0.312 e. The average Bonchev–Trinajstić information content (AvgIpc) is 3.35. The minimum atomic E-state index is -0.443. The molecule has 0 unspecified atom stereocenters. The molecule has 0 saturated heterocycles. The number of carbonyl (C=O) groups excluding carboxylic acids is 2. The Bertz CT molecular complexity index is 1240. The predicted molar refractivity (Wildman–Crippen MR) is 118 cm³/mol. The molecule has 4 aromatic rings. The fourth-order valence-electron chi connectivity index (χ4n) is 2.90. The fourth-order valence-corrected chi connectivity index (χ4v) is 4.45. The molecule has 0 aliphatic heterocycles. The van der Waals surface area contributed by atoms with Gasteiger partial charge in [0.05, 0.1) is 18.3 Å². The van der Waals surface area contributed by atoms with E-state index in [1.807, 2.05) is 31.2 Å². The molecule has 12 heteroatoms. The number of nitrogens with zero attached hydrogens (tertiary/aromatic N) is 5. The lowest BCUT2D eigenvalue weighted by atomic mass is 10.2. The number of aromatic nitrogens is 6. The van der Waals surface area contributed by atoms with Gasteiger partial charge in [-0.15, -0.1) is 20.4 Å². The van der Waals surface area contributed by atoms with Crippen molar-refractivity contribution in [1.82, 2.24) is 30.4 Å². The van der Waals surface area contributed by atoms with Crippen LogP contribution in [0.3, 0.4) is 0 Å². The lowest BCUT2D eigenvalue weighted by Gasteiger charge is -2.11. The van der Waals surface area contributed by atoms with Crippen molar-refractivity contribution in [2.75, 3.05) is 11.9 Å². The van der Waals surface area contributed by atoms with Gasteiger partial charge in [0, 0.05) is 10.9 Å². The van der Waals surface area contributed by atoms with E-state index in [2.05, 4.69) is 35.7 Å². The predicted octanol–water partition coefficient (Wildman–Crippen LogP) is 2.97. The van der Waals surface area contributed by atoms with Crippen molar-refractivity contribution >= 4 is 62.2 Å². The highest BCUT2D eigenvalue weighted by molar-refractivity contribution is 8.00. The molecule has 3 aromatic heterocycles. The van der Waals surface area contributed by atoms with Gasteiger partial charge in [0.2, 0.25) is 16.2 Å². The third-order valence-electron chi connectivity index (χ3n) is 4.31. The summed E-state index contributed by atoms with van der Waals surface area (Å²) in [6, 6.07) is 7.77. The van der Waals surface area contributed by atoms with Gasteiger partial charge >= 0.3 is 5.97 Å². The van der Waals surface area contributed by atoms with E-state index < -0.39 is 5.25 Å². The maximum atomic E-state index is 12.7. The van der Waals surface area contributed by atoms with E-state index in [4.69, 9.17) is 4.74 Å². The first-order valence-corrected chi connectivity index (χ1v) is 11.3. The van der Waals surface area contributed by atoms with E-state index in [1.54, 1.807) is 6.92 Å². The average molecular weight is 458 g/mol. The maximum absolute atomic E-state index is 12.7. The van der Waals surface area contributed by atoms with E-state index in [0.717, 1.165) is 22.2 Å². The molecule has 0 radical (unpaired) electrons. The summed E-state index contributed by atoms with van der Waals surface area (Å²) < 4.78 is 4.89. The molecular formula is C19H19N7O3S2. The second-order valence-electron chi connectivity index (χ2n) is 6.45. The number of fused-ring (bicyclic) bond motifs is 3. The number of H-pyrrole nitrogens is 1. The summed E-state index contributed by atoms with van der Waals surface area (Å²) >= 11 is 2.37. The van der Waals surface area contributed by atoms with Crippen LogP contribution in [0.2, 0.25) is 0 Å². The SMILES string of the molecule is CCOC(=O)Cc1nnc(NC(=O)[C@@H](CC)Sc2nnc3c(n2)[nH]c2ccccc23)s1. The number of benzene rings is 1. The quantitative estimate of drug-likeness (QED) is 0.302. The zero-order valence-corrected chi connectivity index (χ0v) is 18.4. The number of amides is 1. The van der Waals surface area contributed by atoms with Crippen LogP contribution in [0.5, 0.6) is 0 Å². The van der Waals surface area contributed by atoms with Crippen molar-refractivity contribution in [3.05, 3.63) is 29.3 Å². The number of para-hydroxylation sites is 1. The molecule has 1 atom stereocenters. The Hall–Kier alpha value is -3.12. The topological polar surface area (TPSA) is 136 Å². The summed E-state index contributed by atoms with van der Waals surface area (Å²) in [6.45, 7) is 3.94. The normalized spacial score (nSPS) is 12.2. The van der Waals surface area contributed by atoms with Crippen molar-refractivity contribution in [3.63, 3.8) is 0 Å². The Morgan fingerprint density at radius 1 is 1.19 bits per heavy atom. The van der Waals surface area contributed by atoms with Crippen LogP contribution < -0.4 is 5.32 Å². The van der Waals surface area contributed by atoms with Gasteiger partial charge in [0.15, 0.2) is 5.65 Å². The van der Waals surface area contributed by atoms with Crippen molar-refractivity contribution < 1.29 is 14.3 Å². The van der Waals surface area contributed by atoms with Crippen LogP contribution in [0.25, 0.3) is 22.1 Å². The summed E-state index contributed by atoms with van der Waals surface area (Å²) in [5, 5.41) is 20.8. The van der Waals surface area contributed by atoms with Crippen LogP contribution in [-0.2, 0) is 20.7 Å². The fraction of sp³-hybridized carbons (Fsp3) is 0.316. The third kappa shape index (κ3) is 4.80. The number of esters is 1. The highest BCUT2D eigenvalue weighted by atomic mass is 32.2. The zero-order valence-electron chi connectivity index (χ0n) is 16.8. The molecule has 0 aliphatic rings. The van der Waals surface area contributed by atoms with Crippen molar-refractivity contribution in [1.29, 1.82) is 0 Å². The second kappa shape index (κ2) is 9.35. The van der Waals surface area contributed by atoms with E-state index in [0.29, 0.717) is 39.5 Å². The van der Waals surface area contributed by atoms with Gasteiger partial charge in [-0.1, -0.05) is 48.2 Å². The van der Waals surface area contributed by atoms with E-state index >= 15 is 0 Å². The molecule has 1 aromatic carbocycles. The molecule has 4 rings (SSSR count). The largest absolute Gasteiger partial charge is 0.466 e. The van der Waals surface area contributed by atoms with Crippen LogP contribution in [0.4, 0.5) is 5.13 Å². The van der Waals surface area contributed by atoms with Gasteiger partial charge < -0.3 is 9.72 Å². The first kappa shape index (κ1) is 21.1. The number of hydrogen-bond donors (Lipinski definition) is 2. The van der Waals surface area contributed by atoms with E-state index in [9.17, 15) is 9.59 Å². The standard InChI is InChI=1S/C19H19N7O3S2/c1-3-12(17(28)22-19-25-23-13(31-19)9-14(27)29-4-2)30-18-21-16-15(24-26-18)10-7-5-6-8-11(10)20-16/h5-8,12H,3-4,9H2,1-2H3,(H,20,21,26)(H,22,25,28)/t12-/m1/s1. The van der Waals surface area contributed by atoms with Gasteiger partial charge in [0.25, 0.3) is 0 Å². The molecule has 0 aliphatic carbocycles. The number of thioether (sulfide) groups is 1. The lowest BCUT2D eigenvalue weighted by Crippen LogP contribution is -2.24. The van der Waals surface area contributed by atoms with E-state index in [-0.39, 0.29) is 18.3 Å². The molecule has 0 fully saturated rings. The molecule has 3 heterocycles. The summed E-state index contributed by atoms with van der Waals surface area (Å²) in [5.41, 5.74) is 2.25. The zero-order chi connectivity index (χ0) is 21.8. The Labute approximate surface area is 185 Å². The number of anilines is 1. The van der Waals surface area contributed by atoms with Gasteiger partial charge in [-0.2, -0.15) is 0 Å². The van der Waals surface area contributed by atoms with Gasteiger partial charge in [0.1, 0.15) is 10.5 Å². The molecule has 2 N–H and O–H groups in total. The van der Waals surface area contributed by atoms with Crippen LogP contribution in [0, 0.1) is 0 Å². The third-order valence-corrected chi connectivity index (χ3v) is 6.37. The van der Waals surface area contributed by atoms with E-state index in [1.165, 1.54) is 11.8 Å². The van der Waals surface area contributed by atoms with Gasteiger partial charge in [-0.3, -0.25) is 14.9 Å². The molecule has 0 bridgehead atoms. The van der Waals surface area contributed by atoms with Gasteiger partial charge in [-0.25, -0.2) is 4.98 Å². The van der Waals surface area contributed by atoms with Crippen LogP contribution in [0.1, 0.15) is 25.3 Å². The van der Waals surface area contributed by atoms with Crippen molar-refractivity contribution in [2.24, 2.45) is 0 Å². The van der Waals surface area contributed by atoms with Gasteiger partial charge in [-0.05, 0) is 19.4 Å². The van der Waals surface area contributed by atoms with Crippen LogP contribution >= 0.6 is 23.1 Å². The minimum absolute atomic E-state index is 0.0252. The number of hydrogen-bond acceptors (Lipinski definition) is 10. The number of rotatable bonds is 8. The highest BCUT2D eigenvalue weighted by Gasteiger charge is 2.22. The minimum Gasteiger partial charge on any atom is -0.466 e. The van der Waals surface area contributed by atoms with Crippen LogP contribution in [-0.4, -0.2) is 54.1 Å². The molecule has 10 nitrogen and oxygen atoms in total. The number of aromatic amines is 1. The Morgan fingerprint density at radius 2 is 2.03 bits per heavy atom. The molecule has 0 saturated carbocycles. The molecular weight excluding hydrogens is 438 g/mol. The van der Waals surface area contributed by atoms with Crippen LogP contribution in [0.15, 0.2) is 29.4 Å². The van der Waals surface area contributed by atoms with Crippen molar-refractivity contribution in [2.45, 2.75) is 37.1 Å². The first-order chi connectivity index (χ1) is 15.1. The summed E-state index contributed by atoms with van der Waals surface area (Å²) in [5.74, 6) is -0.623. The number of ether oxygens (including phenoxy) is 1. The summed E-state index contributed by atoms with van der Waals surface area (Å²) in [4.78, 5) is 32.0. The monoisotopic (exact) mass is 457 g/mol. The molecule has 160 valence electrons. The smallest absolute Gasteiger partial charge is 0.312 e. The van der Waals surface area contributed by atoms with Crippen molar-refractivity contribution in [3.8, 4) is 0 Å². The number of carbonyl (C=O) groups is 2.